The quantitative estimate of drug-likeness (QED) is 0.0396. The fourth-order valence-corrected chi connectivity index (χ4v) is 6.62. The van der Waals surface area contributed by atoms with Crippen LogP contribution in [0.5, 0.6) is 0 Å². The third-order valence-corrected chi connectivity index (χ3v) is 9.62. The lowest BCUT2D eigenvalue weighted by atomic mass is 10.0. The Morgan fingerprint density at radius 1 is 0.341 bits per heavy atom. The van der Waals surface area contributed by atoms with E-state index < -0.39 is 7.82 Å². The standard InChI is InChI=1S/C35H72BrO4P/c36-34-32-30-28-26-24-22-20-18-16-14-12-10-8-6-4-2-1-3-5-7-9-11-13-15-17-19-21-23-25-27-29-31-33-35-40-41(37,38)39/h1-35H2,(H2,37,38,39). The molecule has 0 amide bonds. The molecule has 0 fully saturated rings. The van der Waals surface area contributed by atoms with Crippen molar-refractivity contribution in [3.05, 3.63) is 0 Å². The number of alkyl halides is 1. The van der Waals surface area contributed by atoms with Gasteiger partial charge in [-0.2, -0.15) is 0 Å². The first-order chi connectivity index (χ1) is 20.1. The van der Waals surface area contributed by atoms with Crippen LogP contribution in [0, 0.1) is 0 Å². The van der Waals surface area contributed by atoms with E-state index in [2.05, 4.69) is 20.5 Å². The summed E-state index contributed by atoms with van der Waals surface area (Å²) in [5.41, 5.74) is 0. The Labute approximate surface area is 265 Å². The van der Waals surface area contributed by atoms with Gasteiger partial charge >= 0.3 is 7.82 Å². The summed E-state index contributed by atoms with van der Waals surface area (Å²) in [5.74, 6) is 0. The van der Waals surface area contributed by atoms with Gasteiger partial charge in [-0.05, 0) is 12.8 Å². The summed E-state index contributed by atoms with van der Waals surface area (Å²) in [6.07, 6.45) is 45.7. The van der Waals surface area contributed by atoms with Crippen molar-refractivity contribution in [3.8, 4) is 0 Å². The van der Waals surface area contributed by atoms with Gasteiger partial charge in [0.05, 0.1) is 6.61 Å². The van der Waals surface area contributed by atoms with Crippen molar-refractivity contribution in [1.29, 1.82) is 0 Å². The maximum Gasteiger partial charge on any atom is 0.469 e. The van der Waals surface area contributed by atoms with Crippen molar-refractivity contribution in [2.45, 2.75) is 212 Å². The molecule has 0 heterocycles. The minimum Gasteiger partial charge on any atom is -0.303 e. The number of phosphoric ester groups is 1. The van der Waals surface area contributed by atoms with Crippen LogP contribution in [0.1, 0.15) is 212 Å². The Morgan fingerprint density at radius 3 is 0.683 bits per heavy atom. The largest absolute Gasteiger partial charge is 0.469 e. The normalized spacial score (nSPS) is 12.0. The molecular weight excluding hydrogens is 595 g/mol. The van der Waals surface area contributed by atoms with E-state index in [-0.39, 0.29) is 6.61 Å². The average Bonchev–Trinajstić information content (AvgIpc) is 2.94. The molecule has 0 aromatic heterocycles. The Kier molecular flexibility index (Phi) is 35.6. The van der Waals surface area contributed by atoms with E-state index in [9.17, 15) is 4.57 Å². The van der Waals surface area contributed by atoms with Crippen molar-refractivity contribution >= 4 is 23.8 Å². The van der Waals surface area contributed by atoms with Gasteiger partial charge in [-0.1, -0.05) is 215 Å². The highest BCUT2D eigenvalue weighted by atomic mass is 79.9. The third kappa shape index (κ3) is 40.6. The lowest BCUT2D eigenvalue weighted by Crippen LogP contribution is -1.92. The molecule has 0 saturated carbocycles. The highest BCUT2D eigenvalue weighted by Gasteiger charge is 2.12. The predicted octanol–water partition coefficient (Wildman–Crippen LogP) is 13.4. The maximum absolute atomic E-state index is 10.6. The molecule has 0 saturated heterocycles. The second-order valence-corrected chi connectivity index (χ2v) is 14.7. The van der Waals surface area contributed by atoms with Crippen LogP contribution in [-0.4, -0.2) is 21.7 Å². The van der Waals surface area contributed by atoms with E-state index in [0.29, 0.717) is 0 Å². The summed E-state index contributed by atoms with van der Waals surface area (Å²) in [6.45, 7) is 0.170. The van der Waals surface area contributed by atoms with E-state index in [1.165, 1.54) is 198 Å². The highest BCUT2D eigenvalue weighted by molar-refractivity contribution is 9.09. The molecule has 0 radical (unpaired) electrons. The Bertz CT molecular complexity index is 528. The van der Waals surface area contributed by atoms with Gasteiger partial charge in [-0.3, -0.25) is 4.52 Å². The summed E-state index contributed by atoms with van der Waals surface area (Å²) in [7, 11) is -4.27. The zero-order valence-electron chi connectivity index (χ0n) is 27.3. The first-order valence-electron chi connectivity index (χ1n) is 18.3. The van der Waals surface area contributed by atoms with Crippen LogP contribution in [0.15, 0.2) is 0 Å². The SMILES string of the molecule is O=P(O)(O)OCCCCCCCCCCCCCCCCCCCCCCCCCCCCCCCCCCCBr. The van der Waals surface area contributed by atoms with Crippen molar-refractivity contribution in [2.24, 2.45) is 0 Å². The van der Waals surface area contributed by atoms with E-state index in [4.69, 9.17) is 9.79 Å². The van der Waals surface area contributed by atoms with Crippen molar-refractivity contribution in [1.82, 2.24) is 0 Å². The molecule has 2 N–H and O–H groups in total. The summed E-state index contributed by atoms with van der Waals surface area (Å²) < 4.78 is 15.0. The van der Waals surface area contributed by atoms with Crippen LogP contribution in [0.4, 0.5) is 0 Å². The third-order valence-electron chi connectivity index (χ3n) is 8.54. The molecule has 0 spiro atoms. The van der Waals surface area contributed by atoms with Crippen molar-refractivity contribution in [3.63, 3.8) is 0 Å². The summed E-state index contributed by atoms with van der Waals surface area (Å²) in [4.78, 5) is 17.3. The molecule has 6 heteroatoms. The minimum atomic E-state index is -4.27. The molecule has 0 aliphatic heterocycles. The number of phosphoric acid groups is 1. The molecule has 0 aromatic carbocycles. The molecule has 0 unspecified atom stereocenters. The van der Waals surface area contributed by atoms with Gasteiger partial charge in [0.1, 0.15) is 0 Å². The molecule has 248 valence electrons. The maximum atomic E-state index is 10.6. The first-order valence-corrected chi connectivity index (χ1v) is 21.0. The number of halogens is 1. The summed E-state index contributed by atoms with van der Waals surface area (Å²) in [6, 6.07) is 0. The Hall–Kier alpha value is 0.590. The van der Waals surface area contributed by atoms with Gasteiger partial charge < -0.3 is 9.79 Å². The zero-order valence-corrected chi connectivity index (χ0v) is 29.8. The lowest BCUT2D eigenvalue weighted by molar-refractivity contribution is 0.193. The van der Waals surface area contributed by atoms with E-state index in [1.54, 1.807) is 0 Å². The molecule has 0 aliphatic rings. The minimum absolute atomic E-state index is 0.170. The van der Waals surface area contributed by atoms with Crippen LogP contribution >= 0.6 is 23.8 Å². The van der Waals surface area contributed by atoms with Gasteiger partial charge in [0.15, 0.2) is 0 Å². The van der Waals surface area contributed by atoms with Gasteiger partial charge in [0.25, 0.3) is 0 Å². The van der Waals surface area contributed by atoms with E-state index in [0.717, 1.165) is 19.3 Å². The molecule has 41 heavy (non-hydrogen) atoms. The summed E-state index contributed by atoms with van der Waals surface area (Å²) >= 11 is 3.52. The van der Waals surface area contributed by atoms with E-state index >= 15 is 0 Å². The second-order valence-electron chi connectivity index (χ2n) is 12.7. The highest BCUT2D eigenvalue weighted by Crippen LogP contribution is 2.35. The van der Waals surface area contributed by atoms with Crippen LogP contribution in [0.2, 0.25) is 0 Å². The topological polar surface area (TPSA) is 66.8 Å². The van der Waals surface area contributed by atoms with Crippen molar-refractivity contribution < 1.29 is 18.9 Å². The van der Waals surface area contributed by atoms with Crippen LogP contribution < -0.4 is 0 Å². The smallest absolute Gasteiger partial charge is 0.303 e. The van der Waals surface area contributed by atoms with Crippen LogP contribution in [0.3, 0.4) is 0 Å². The molecule has 0 atom stereocenters. The van der Waals surface area contributed by atoms with Gasteiger partial charge in [-0.25, -0.2) is 4.57 Å². The van der Waals surface area contributed by atoms with Crippen LogP contribution in [0.25, 0.3) is 0 Å². The van der Waals surface area contributed by atoms with Crippen molar-refractivity contribution in [2.75, 3.05) is 11.9 Å². The molecule has 0 rings (SSSR count). The molecule has 0 aromatic rings. The number of hydrogen-bond acceptors (Lipinski definition) is 2. The predicted molar refractivity (Wildman–Crippen MR) is 184 cm³/mol. The van der Waals surface area contributed by atoms with Gasteiger partial charge in [0, 0.05) is 5.33 Å². The van der Waals surface area contributed by atoms with Gasteiger partial charge in [0.2, 0.25) is 0 Å². The Morgan fingerprint density at radius 2 is 0.512 bits per heavy atom. The fourth-order valence-electron chi connectivity index (χ4n) is 5.86. The molecule has 0 aliphatic carbocycles. The van der Waals surface area contributed by atoms with Crippen LogP contribution in [-0.2, 0) is 9.09 Å². The van der Waals surface area contributed by atoms with Gasteiger partial charge in [-0.15, -0.1) is 0 Å². The second kappa shape index (κ2) is 35.1. The monoisotopic (exact) mass is 666 g/mol. The average molecular weight is 668 g/mol. The van der Waals surface area contributed by atoms with E-state index in [1.807, 2.05) is 0 Å². The fraction of sp³-hybridized carbons (Fsp3) is 1.00. The number of hydrogen-bond donors (Lipinski definition) is 2. The molecule has 4 nitrogen and oxygen atoms in total. The molecular formula is C35H72BrO4P. The molecule has 0 bridgehead atoms. The zero-order chi connectivity index (χ0) is 30.0. The lowest BCUT2D eigenvalue weighted by Gasteiger charge is -2.05. The first kappa shape index (κ1) is 41.6. The number of rotatable bonds is 36. The Balaban J connectivity index is 3.05. The number of unbranched alkanes of at least 4 members (excludes halogenated alkanes) is 32. The summed E-state index contributed by atoms with van der Waals surface area (Å²) in [5, 5.41) is 1.18.